The molecule has 4 rings (SSSR count). The van der Waals surface area contributed by atoms with E-state index < -0.39 is 5.54 Å². The Kier molecular flexibility index (Phi) is 6.91. The van der Waals surface area contributed by atoms with Crippen molar-refractivity contribution in [2.45, 2.75) is 103 Å². The predicted molar refractivity (Wildman–Crippen MR) is 130 cm³/mol. The van der Waals surface area contributed by atoms with Crippen LogP contribution in [0.1, 0.15) is 98.9 Å². The van der Waals surface area contributed by atoms with Crippen molar-refractivity contribution < 1.29 is 9.59 Å². The van der Waals surface area contributed by atoms with Crippen molar-refractivity contribution in [3.8, 4) is 0 Å². The Hall–Kier alpha value is -2.63. The van der Waals surface area contributed by atoms with Crippen LogP contribution in [0.4, 0.5) is 0 Å². The maximum Gasteiger partial charge on any atom is 0.273 e. The molecule has 2 aromatic rings. The zero-order valence-electron chi connectivity index (χ0n) is 20.6. The first-order chi connectivity index (χ1) is 15.8. The Morgan fingerprint density at radius 2 is 1.82 bits per heavy atom. The molecule has 0 radical (unpaired) electrons. The van der Waals surface area contributed by atoms with Crippen LogP contribution < -0.4 is 5.32 Å². The number of nitrogens with one attached hydrogen (secondary N) is 1. The van der Waals surface area contributed by atoms with E-state index >= 15 is 0 Å². The van der Waals surface area contributed by atoms with Gasteiger partial charge in [0.1, 0.15) is 11.2 Å². The Bertz CT molecular complexity index is 1000. The van der Waals surface area contributed by atoms with Crippen molar-refractivity contribution in [2.75, 3.05) is 0 Å². The molecule has 2 amide bonds. The molecule has 6 nitrogen and oxygen atoms in total. The number of fused-ring (bicyclic) bond motifs is 1. The second-order valence-electron chi connectivity index (χ2n) is 10.4. The van der Waals surface area contributed by atoms with Crippen LogP contribution in [0.3, 0.4) is 0 Å². The van der Waals surface area contributed by atoms with Gasteiger partial charge in [-0.1, -0.05) is 70.2 Å². The normalized spacial score (nSPS) is 22.1. The van der Waals surface area contributed by atoms with Gasteiger partial charge in [0.05, 0.1) is 12.2 Å². The SMILES string of the molecule is Cc1ccccc1CN1C(=O)c2cc(C(C)C)nn2C[C@]1(C)C(=O)NC1CCCCCCC1. The quantitative estimate of drug-likeness (QED) is 0.700. The zero-order valence-corrected chi connectivity index (χ0v) is 20.6. The summed E-state index contributed by atoms with van der Waals surface area (Å²) in [5, 5.41) is 8.04. The van der Waals surface area contributed by atoms with Gasteiger partial charge in [-0.2, -0.15) is 5.10 Å². The molecular formula is C27H38N4O2. The number of carbonyl (C=O) groups is 2. The van der Waals surface area contributed by atoms with Crippen molar-refractivity contribution in [2.24, 2.45) is 0 Å². The van der Waals surface area contributed by atoms with E-state index in [0.717, 1.165) is 42.5 Å². The van der Waals surface area contributed by atoms with E-state index in [1.54, 1.807) is 9.58 Å². The van der Waals surface area contributed by atoms with Crippen LogP contribution in [-0.4, -0.2) is 38.1 Å². The van der Waals surface area contributed by atoms with Gasteiger partial charge in [0.15, 0.2) is 0 Å². The van der Waals surface area contributed by atoms with Gasteiger partial charge in [-0.3, -0.25) is 14.3 Å². The van der Waals surface area contributed by atoms with Gasteiger partial charge in [-0.05, 0) is 49.8 Å². The smallest absolute Gasteiger partial charge is 0.273 e. The Balaban J connectivity index is 1.67. The first-order valence-electron chi connectivity index (χ1n) is 12.5. The number of benzene rings is 1. The Morgan fingerprint density at radius 1 is 1.15 bits per heavy atom. The molecule has 1 aromatic carbocycles. The minimum Gasteiger partial charge on any atom is -0.351 e. The van der Waals surface area contributed by atoms with E-state index in [4.69, 9.17) is 5.10 Å². The van der Waals surface area contributed by atoms with Gasteiger partial charge in [0.2, 0.25) is 5.91 Å². The number of rotatable bonds is 5. The summed E-state index contributed by atoms with van der Waals surface area (Å²) >= 11 is 0. The number of aromatic nitrogens is 2. The van der Waals surface area contributed by atoms with E-state index in [9.17, 15) is 9.59 Å². The molecule has 1 atom stereocenters. The average Bonchev–Trinajstić information content (AvgIpc) is 3.18. The Morgan fingerprint density at radius 3 is 2.48 bits per heavy atom. The van der Waals surface area contributed by atoms with Gasteiger partial charge < -0.3 is 10.2 Å². The number of nitrogens with zero attached hydrogens (tertiary/aromatic N) is 3. The molecular weight excluding hydrogens is 412 g/mol. The molecule has 6 heteroatoms. The summed E-state index contributed by atoms with van der Waals surface area (Å²) in [6.07, 6.45) is 8.07. The van der Waals surface area contributed by atoms with E-state index in [-0.39, 0.29) is 23.8 Å². The molecule has 1 fully saturated rings. The molecule has 1 aromatic heterocycles. The highest BCUT2D eigenvalue weighted by molar-refractivity contribution is 5.99. The fraction of sp³-hybridized carbons (Fsp3) is 0.593. The molecule has 0 unspecified atom stereocenters. The van der Waals surface area contributed by atoms with Crippen molar-refractivity contribution in [1.82, 2.24) is 20.0 Å². The van der Waals surface area contributed by atoms with Crippen LogP contribution in [0.15, 0.2) is 30.3 Å². The lowest BCUT2D eigenvalue weighted by molar-refractivity contribution is -0.134. The second-order valence-corrected chi connectivity index (χ2v) is 10.4. The number of aryl methyl sites for hydroxylation is 1. The predicted octanol–water partition coefficient (Wildman–Crippen LogP) is 4.96. The second kappa shape index (κ2) is 9.70. The summed E-state index contributed by atoms with van der Waals surface area (Å²) in [5.74, 6) is 0.0252. The molecule has 0 saturated heterocycles. The van der Waals surface area contributed by atoms with Gasteiger partial charge in [-0.15, -0.1) is 0 Å². The summed E-state index contributed by atoms with van der Waals surface area (Å²) < 4.78 is 1.75. The minimum absolute atomic E-state index is 0.0674. The van der Waals surface area contributed by atoms with Crippen molar-refractivity contribution in [3.05, 3.63) is 52.8 Å². The number of hydrogen-bond donors (Lipinski definition) is 1. The Labute approximate surface area is 197 Å². The maximum absolute atomic E-state index is 13.8. The lowest BCUT2D eigenvalue weighted by atomic mass is 9.91. The van der Waals surface area contributed by atoms with Crippen molar-refractivity contribution >= 4 is 11.8 Å². The highest BCUT2D eigenvalue weighted by Gasteiger charge is 2.48. The van der Waals surface area contributed by atoms with Crippen molar-refractivity contribution in [3.63, 3.8) is 0 Å². The summed E-state index contributed by atoms with van der Waals surface area (Å²) in [6.45, 7) is 8.88. The van der Waals surface area contributed by atoms with Gasteiger partial charge in [0.25, 0.3) is 5.91 Å². The molecule has 2 heterocycles. The van der Waals surface area contributed by atoms with Crippen LogP contribution in [0, 0.1) is 6.92 Å². The third-order valence-corrected chi connectivity index (χ3v) is 7.43. The zero-order chi connectivity index (χ0) is 23.6. The first-order valence-corrected chi connectivity index (χ1v) is 12.5. The third-order valence-electron chi connectivity index (χ3n) is 7.43. The molecule has 0 bridgehead atoms. The lowest BCUT2D eigenvalue weighted by Crippen LogP contribution is -2.64. The van der Waals surface area contributed by atoms with Crippen LogP contribution in [0.2, 0.25) is 0 Å². The fourth-order valence-electron chi connectivity index (χ4n) is 5.09. The summed E-state index contributed by atoms with van der Waals surface area (Å²) in [5.41, 5.74) is 2.64. The average molecular weight is 451 g/mol. The monoisotopic (exact) mass is 450 g/mol. The molecule has 0 spiro atoms. The highest BCUT2D eigenvalue weighted by Crippen LogP contribution is 2.31. The fourth-order valence-corrected chi connectivity index (χ4v) is 5.09. The number of amides is 2. The molecule has 1 N–H and O–H groups in total. The molecule has 1 aliphatic carbocycles. The third kappa shape index (κ3) is 4.85. The van der Waals surface area contributed by atoms with Gasteiger partial charge >= 0.3 is 0 Å². The van der Waals surface area contributed by atoms with E-state index in [1.165, 1.54) is 19.3 Å². The maximum atomic E-state index is 13.8. The van der Waals surface area contributed by atoms with Crippen LogP contribution in [-0.2, 0) is 17.9 Å². The summed E-state index contributed by atoms with van der Waals surface area (Å²) in [7, 11) is 0. The highest BCUT2D eigenvalue weighted by atomic mass is 16.2. The standard InChI is InChI=1S/C27H38N4O2/c1-19(2)23-16-24-25(32)30(17-21-13-11-10-12-20(21)3)27(4,18-31(24)29-23)26(33)28-22-14-8-6-5-7-9-15-22/h10-13,16,19,22H,5-9,14-15,17-18H2,1-4H3,(H,28,33)/t27-/m1/s1. The van der Waals surface area contributed by atoms with E-state index in [2.05, 4.69) is 32.2 Å². The minimum atomic E-state index is -1.00. The van der Waals surface area contributed by atoms with Crippen LogP contribution >= 0.6 is 0 Å². The summed E-state index contributed by atoms with van der Waals surface area (Å²) in [4.78, 5) is 29.4. The van der Waals surface area contributed by atoms with E-state index in [1.807, 2.05) is 31.2 Å². The largest absolute Gasteiger partial charge is 0.351 e. The van der Waals surface area contributed by atoms with Gasteiger partial charge in [0, 0.05) is 12.6 Å². The molecule has 1 aliphatic heterocycles. The van der Waals surface area contributed by atoms with E-state index in [0.29, 0.717) is 18.8 Å². The molecule has 178 valence electrons. The van der Waals surface area contributed by atoms with Gasteiger partial charge in [-0.25, -0.2) is 0 Å². The summed E-state index contributed by atoms with van der Waals surface area (Å²) in [6, 6.07) is 10.2. The lowest BCUT2D eigenvalue weighted by Gasteiger charge is -2.44. The topological polar surface area (TPSA) is 67.2 Å². The van der Waals surface area contributed by atoms with Crippen LogP contribution in [0.25, 0.3) is 0 Å². The number of hydrogen-bond acceptors (Lipinski definition) is 3. The molecule has 1 saturated carbocycles. The number of carbonyl (C=O) groups excluding carboxylic acids is 2. The molecule has 2 aliphatic rings. The molecule has 33 heavy (non-hydrogen) atoms. The van der Waals surface area contributed by atoms with Crippen molar-refractivity contribution in [1.29, 1.82) is 0 Å². The first kappa shape index (κ1) is 23.5. The van der Waals surface area contributed by atoms with Crippen LogP contribution in [0.5, 0.6) is 0 Å².